The molecule has 0 saturated carbocycles. The molecule has 2 rings (SSSR count). The number of esters is 2. The Kier molecular flexibility index (Phi) is 3.23. The maximum Gasteiger partial charge on any atom is 0.356 e. The smallest absolute Gasteiger partial charge is 0.356 e. The van der Waals surface area contributed by atoms with Gasteiger partial charge in [0, 0.05) is 12.3 Å². The predicted octanol–water partition coefficient (Wildman–Crippen LogP) is 1.95. The lowest BCUT2D eigenvalue weighted by molar-refractivity contribution is -0.131. The molecule has 92 valence electrons. The van der Waals surface area contributed by atoms with Crippen LogP contribution in [0.3, 0.4) is 0 Å². The van der Waals surface area contributed by atoms with Gasteiger partial charge in [-0.25, -0.2) is 9.78 Å². The Morgan fingerprint density at radius 1 is 1.17 bits per heavy atom. The van der Waals surface area contributed by atoms with Gasteiger partial charge in [0.1, 0.15) is 11.4 Å². The van der Waals surface area contributed by atoms with Gasteiger partial charge in [0.15, 0.2) is 0 Å². The summed E-state index contributed by atoms with van der Waals surface area (Å²) in [6.45, 7) is 1.34. The van der Waals surface area contributed by atoms with Crippen molar-refractivity contribution in [2.45, 2.75) is 6.92 Å². The van der Waals surface area contributed by atoms with Crippen molar-refractivity contribution in [1.29, 1.82) is 0 Å². The van der Waals surface area contributed by atoms with Gasteiger partial charge in [0.2, 0.25) is 0 Å². The van der Waals surface area contributed by atoms with Crippen LogP contribution in [0.5, 0.6) is 5.75 Å². The monoisotopic (exact) mass is 245 g/mol. The molecule has 0 bridgehead atoms. The van der Waals surface area contributed by atoms with Crippen LogP contribution in [0.1, 0.15) is 17.4 Å². The number of carbonyl (C=O) groups is 2. The fraction of sp³-hybridized carbons (Fsp3) is 0.154. The van der Waals surface area contributed by atoms with E-state index >= 15 is 0 Å². The lowest BCUT2D eigenvalue weighted by atomic mass is 10.2. The molecule has 5 nitrogen and oxygen atoms in total. The number of pyridine rings is 1. The van der Waals surface area contributed by atoms with Crippen molar-refractivity contribution < 1.29 is 19.1 Å². The van der Waals surface area contributed by atoms with Gasteiger partial charge in [0.05, 0.1) is 12.6 Å². The molecule has 0 radical (unpaired) electrons. The van der Waals surface area contributed by atoms with Gasteiger partial charge in [-0.15, -0.1) is 0 Å². The summed E-state index contributed by atoms with van der Waals surface area (Å²) in [5.41, 5.74) is 0.874. The van der Waals surface area contributed by atoms with E-state index in [0.29, 0.717) is 11.3 Å². The molecular formula is C13H11NO4. The highest BCUT2D eigenvalue weighted by atomic mass is 16.5. The van der Waals surface area contributed by atoms with E-state index in [0.717, 1.165) is 5.39 Å². The third-order valence-electron chi connectivity index (χ3n) is 2.32. The van der Waals surface area contributed by atoms with Crippen LogP contribution in [0.25, 0.3) is 10.9 Å². The van der Waals surface area contributed by atoms with Crippen molar-refractivity contribution >= 4 is 22.8 Å². The Hall–Kier alpha value is -2.43. The average Bonchev–Trinajstić information content (AvgIpc) is 2.36. The van der Waals surface area contributed by atoms with Gasteiger partial charge >= 0.3 is 11.9 Å². The summed E-state index contributed by atoms with van der Waals surface area (Å²) in [6.07, 6.45) is 0. The van der Waals surface area contributed by atoms with Crippen molar-refractivity contribution in [2.75, 3.05) is 7.11 Å². The summed E-state index contributed by atoms with van der Waals surface area (Å²) in [4.78, 5) is 26.3. The molecule has 1 aromatic carbocycles. The maximum atomic E-state index is 11.3. The molecule has 0 amide bonds. The molecule has 18 heavy (non-hydrogen) atoms. The fourth-order valence-corrected chi connectivity index (χ4v) is 1.55. The van der Waals surface area contributed by atoms with Crippen LogP contribution in [0.4, 0.5) is 0 Å². The molecule has 0 aliphatic rings. The number of nitrogens with zero attached hydrogens (tertiary/aromatic N) is 1. The van der Waals surface area contributed by atoms with Crippen LogP contribution in [0.15, 0.2) is 30.3 Å². The third-order valence-corrected chi connectivity index (χ3v) is 2.32. The number of carbonyl (C=O) groups excluding carboxylic acids is 2. The molecule has 1 aromatic heterocycles. The standard InChI is InChI=1S/C13H11NO4/c1-8(15)18-10-4-6-11-9(7-10)3-5-12(14-11)13(16)17-2/h3-7H,1-2H3. The second-order valence-corrected chi connectivity index (χ2v) is 3.64. The Morgan fingerprint density at radius 3 is 2.61 bits per heavy atom. The van der Waals surface area contributed by atoms with E-state index in [-0.39, 0.29) is 11.7 Å². The third kappa shape index (κ3) is 2.45. The summed E-state index contributed by atoms with van der Waals surface area (Å²) < 4.78 is 9.55. The molecule has 5 heteroatoms. The van der Waals surface area contributed by atoms with Crippen LogP contribution < -0.4 is 4.74 Å². The van der Waals surface area contributed by atoms with Crippen molar-refractivity contribution in [3.63, 3.8) is 0 Å². The quantitative estimate of drug-likeness (QED) is 0.597. The summed E-state index contributed by atoms with van der Waals surface area (Å²) >= 11 is 0. The molecule has 0 aliphatic carbocycles. The van der Waals surface area contributed by atoms with E-state index in [1.807, 2.05) is 0 Å². The van der Waals surface area contributed by atoms with Gasteiger partial charge in [-0.2, -0.15) is 0 Å². The van der Waals surface area contributed by atoms with E-state index in [1.165, 1.54) is 14.0 Å². The first-order valence-corrected chi connectivity index (χ1v) is 5.27. The summed E-state index contributed by atoms with van der Waals surface area (Å²) in [5, 5.41) is 0.779. The van der Waals surface area contributed by atoms with Crippen LogP contribution in [0.2, 0.25) is 0 Å². The van der Waals surface area contributed by atoms with Crippen LogP contribution >= 0.6 is 0 Å². The van der Waals surface area contributed by atoms with Crippen molar-refractivity contribution in [3.05, 3.63) is 36.0 Å². The van der Waals surface area contributed by atoms with Crippen molar-refractivity contribution in [3.8, 4) is 5.75 Å². The normalized spacial score (nSPS) is 10.1. The summed E-state index contributed by atoms with van der Waals surface area (Å²) in [5.74, 6) is -0.419. The van der Waals surface area contributed by atoms with E-state index in [1.54, 1.807) is 30.3 Å². The molecular weight excluding hydrogens is 234 g/mol. The summed E-state index contributed by atoms with van der Waals surface area (Å²) in [7, 11) is 1.30. The molecule has 0 spiro atoms. The van der Waals surface area contributed by atoms with E-state index in [4.69, 9.17) is 4.74 Å². The average molecular weight is 245 g/mol. The minimum atomic E-state index is -0.485. The molecule has 1 heterocycles. The second-order valence-electron chi connectivity index (χ2n) is 3.64. The Bertz CT molecular complexity index is 621. The minimum Gasteiger partial charge on any atom is -0.464 e. The molecule has 0 N–H and O–H groups in total. The highest BCUT2D eigenvalue weighted by Gasteiger charge is 2.08. The number of fused-ring (bicyclic) bond motifs is 1. The first-order valence-electron chi connectivity index (χ1n) is 5.27. The fourth-order valence-electron chi connectivity index (χ4n) is 1.55. The largest absolute Gasteiger partial charge is 0.464 e. The zero-order valence-corrected chi connectivity index (χ0v) is 9.97. The van der Waals surface area contributed by atoms with Gasteiger partial charge < -0.3 is 9.47 Å². The highest BCUT2D eigenvalue weighted by Crippen LogP contribution is 2.20. The lowest BCUT2D eigenvalue weighted by Gasteiger charge is -2.04. The topological polar surface area (TPSA) is 65.5 Å². The van der Waals surface area contributed by atoms with E-state index < -0.39 is 5.97 Å². The Labute approximate surface area is 103 Å². The molecule has 0 atom stereocenters. The summed E-state index contributed by atoms with van der Waals surface area (Å²) in [6, 6.07) is 8.27. The second kappa shape index (κ2) is 4.83. The number of benzene rings is 1. The molecule has 0 saturated heterocycles. The van der Waals surface area contributed by atoms with Crippen molar-refractivity contribution in [2.24, 2.45) is 0 Å². The molecule has 2 aromatic rings. The number of methoxy groups -OCH3 is 1. The number of hydrogen-bond acceptors (Lipinski definition) is 5. The first-order chi connectivity index (χ1) is 8.60. The Balaban J connectivity index is 2.41. The first kappa shape index (κ1) is 12.0. The van der Waals surface area contributed by atoms with E-state index in [9.17, 15) is 9.59 Å². The zero-order valence-electron chi connectivity index (χ0n) is 9.97. The lowest BCUT2D eigenvalue weighted by Crippen LogP contribution is -2.04. The minimum absolute atomic E-state index is 0.241. The highest BCUT2D eigenvalue weighted by molar-refractivity contribution is 5.91. The SMILES string of the molecule is COC(=O)c1ccc2cc(OC(C)=O)ccc2n1. The molecule has 0 fully saturated rings. The molecule has 0 unspecified atom stereocenters. The predicted molar refractivity (Wildman–Crippen MR) is 64.4 cm³/mol. The number of ether oxygens (including phenoxy) is 2. The number of hydrogen-bond donors (Lipinski definition) is 0. The van der Waals surface area contributed by atoms with E-state index in [2.05, 4.69) is 9.72 Å². The van der Waals surface area contributed by atoms with Gasteiger partial charge in [-0.1, -0.05) is 6.07 Å². The van der Waals surface area contributed by atoms with Gasteiger partial charge in [0.25, 0.3) is 0 Å². The van der Waals surface area contributed by atoms with Gasteiger partial charge in [-0.3, -0.25) is 4.79 Å². The number of aromatic nitrogens is 1. The van der Waals surface area contributed by atoms with Crippen LogP contribution in [-0.2, 0) is 9.53 Å². The maximum absolute atomic E-state index is 11.3. The van der Waals surface area contributed by atoms with Crippen molar-refractivity contribution in [1.82, 2.24) is 4.98 Å². The molecule has 0 aliphatic heterocycles. The number of rotatable bonds is 2. The van der Waals surface area contributed by atoms with Crippen LogP contribution in [-0.4, -0.2) is 24.0 Å². The van der Waals surface area contributed by atoms with Gasteiger partial charge in [-0.05, 0) is 24.3 Å². The zero-order chi connectivity index (χ0) is 13.1. The Morgan fingerprint density at radius 2 is 1.94 bits per heavy atom. The van der Waals surface area contributed by atoms with Crippen LogP contribution in [0, 0.1) is 0 Å².